The number of pyridine rings is 1. The van der Waals surface area contributed by atoms with Gasteiger partial charge in [0.1, 0.15) is 17.4 Å². The summed E-state index contributed by atoms with van der Waals surface area (Å²) in [6.07, 6.45) is 3.19. The molecule has 35 heavy (non-hydrogen) atoms. The van der Waals surface area contributed by atoms with E-state index in [9.17, 15) is 18.7 Å². The van der Waals surface area contributed by atoms with Crippen LogP contribution in [-0.2, 0) is 0 Å². The topological polar surface area (TPSA) is 105 Å². The number of primary amides is 1. The average molecular weight is 475 g/mol. The standard InChI is InChI=1S/C27H24F2N4O2/c28-17-10-16(11-18(29)13-17)23-14-32-24-5-4-15(20-2-1-3-21(26(20)34)27(31)35)12-22(24)25(23)33-8-6-19(30)7-9-33/h1-5,10-14,19,34H,6-9,30H2,(H2,31,35). The number of hydrogen-bond donors (Lipinski definition) is 3. The number of nitrogens with two attached hydrogens (primary N) is 2. The van der Waals surface area contributed by atoms with Crippen LogP contribution in [0.25, 0.3) is 33.2 Å². The van der Waals surface area contributed by atoms with Crippen LogP contribution >= 0.6 is 0 Å². The zero-order valence-electron chi connectivity index (χ0n) is 18.8. The summed E-state index contributed by atoms with van der Waals surface area (Å²) in [4.78, 5) is 18.5. The number of anilines is 1. The van der Waals surface area contributed by atoms with Crippen LogP contribution in [0.2, 0.25) is 0 Å². The molecule has 1 aromatic heterocycles. The molecule has 178 valence electrons. The van der Waals surface area contributed by atoms with Gasteiger partial charge in [-0.25, -0.2) is 8.78 Å². The molecule has 4 aromatic rings. The first kappa shape index (κ1) is 22.7. The summed E-state index contributed by atoms with van der Waals surface area (Å²) in [5.74, 6) is -2.28. The molecule has 0 spiro atoms. The van der Waals surface area contributed by atoms with E-state index in [1.165, 1.54) is 18.2 Å². The Morgan fingerprint density at radius 1 is 0.971 bits per heavy atom. The molecule has 8 heteroatoms. The highest BCUT2D eigenvalue weighted by molar-refractivity contribution is 6.03. The van der Waals surface area contributed by atoms with Crippen LogP contribution in [-0.4, -0.2) is 35.1 Å². The molecule has 0 saturated carbocycles. The number of nitrogens with zero attached hydrogens (tertiary/aromatic N) is 2. The van der Waals surface area contributed by atoms with E-state index in [1.54, 1.807) is 24.4 Å². The van der Waals surface area contributed by atoms with Crippen LogP contribution in [0.3, 0.4) is 0 Å². The Balaban J connectivity index is 1.75. The molecule has 1 fully saturated rings. The molecule has 5 rings (SSSR count). The van der Waals surface area contributed by atoms with Gasteiger partial charge in [0.25, 0.3) is 5.91 Å². The Morgan fingerprint density at radius 3 is 2.37 bits per heavy atom. The minimum absolute atomic E-state index is 0.0231. The first-order valence-electron chi connectivity index (χ1n) is 11.3. The monoisotopic (exact) mass is 474 g/mol. The number of phenols is 1. The lowest BCUT2D eigenvalue weighted by molar-refractivity contribution is 0.0998. The minimum Gasteiger partial charge on any atom is -0.506 e. The van der Waals surface area contributed by atoms with Crippen LogP contribution in [0, 0.1) is 11.6 Å². The average Bonchev–Trinajstić information content (AvgIpc) is 2.83. The number of fused-ring (bicyclic) bond motifs is 1. The second-order valence-electron chi connectivity index (χ2n) is 8.80. The SMILES string of the molecule is NC(=O)c1cccc(-c2ccc3ncc(-c4cc(F)cc(F)c4)c(N4CCC(N)CC4)c3c2)c1O. The molecular formula is C27H24F2N4O2. The molecule has 1 amide bonds. The second kappa shape index (κ2) is 8.96. The van der Waals surface area contributed by atoms with E-state index < -0.39 is 17.5 Å². The minimum atomic E-state index is -0.729. The van der Waals surface area contributed by atoms with E-state index in [2.05, 4.69) is 9.88 Å². The summed E-state index contributed by atoms with van der Waals surface area (Å²) in [7, 11) is 0. The van der Waals surface area contributed by atoms with E-state index in [1.807, 2.05) is 12.1 Å². The van der Waals surface area contributed by atoms with E-state index in [0.717, 1.165) is 30.0 Å². The van der Waals surface area contributed by atoms with Crippen LogP contribution in [0.4, 0.5) is 14.5 Å². The Labute approximate surface area is 200 Å². The predicted octanol–water partition coefficient (Wildman–Crippen LogP) is 4.58. The Bertz CT molecular complexity index is 1430. The highest BCUT2D eigenvalue weighted by Gasteiger charge is 2.23. The van der Waals surface area contributed by atoms with Crippen LogP contribution in [0.5, 0.6) is 5.75 Å². The van der Waals surface area contributed by atoms with Gasteiger partial charge in [0, 0.05) is 47.9 Å². The maximum atomic E-state index is 14.1. The van der Waals surface area contributed by atoms with Gasteiger partial charge in [-0.05, 0) is 54.3 Å². The van der Waals surface area contributed by atoms with E-state index in [0.29, 0.717) is 40.9 Å². The van der Waals surface area contributed by atoms with E-state index in [-0.39, 0.29) is 17.4 Å². The van der Waals surface area contributed by atoms with Gasteiger partial charge < -0.3 is 21.5 Å². The lowest BCUT2D eigenvalue weighted by atomic mass is 9.95. The van der Waals surface area contributed by atoms with Crippen LogP contribution in [0.15, 0.2) is 60.8 Å². The van der Waals surface area contributed by atoms with Crippen molar-refractivity contribution in [3.63, 3.8) is 0 Å². The van der Waals surface area contributed by atoms with Crippen LogP contribution in [0.1, 0.15) is 23.2 Å². The summed E-state index contributed by atoms with van der Waals surface area (Å²) in [6.45, 7) is 1.36. The first-order chi connectivity index (χ1) is 16.8. The van der Waals surface area contributed by atoms with Gasteiger partial charge in [-0.15, -0.1) is 0 Å². The number of aromatic nitrogens is 1. The van der Waals surface area contributed by atoms with Crippen molar-refractivity contribution in [1.29, 1.82) is 0 Å². The highest BCUT2D eigenvalue weighted by Crippen LogP contribution is 2.41. The largest absolute Gasteiger partial charge is 0.506 e. The molecule has 0 aliphatic carbocycles. The van der Waals surface area contributed by atoms with Crippen molar-refractivity contribution >= 4 is 22.5 Å². The highest BCUT2D eigenvalue weighted by atomic mass is 19.1. The number of aromatic hydroxyl groups is 1. The first-order valence-corrected chi connectivity index (χ1v) is 11.3. The quantitative estimate of drug-likeness (QED) is 0.402. The maximum Gasteiger partial charge on any atom is 0.252 e. The maximum absolute atomic E-state index is 14.1. The molecule has 5 N–H and O–H groups in total. The van der Waals surface area contributed by atoms with Gasteiger partial charge in [0.15, 0.2) is 0 Å². The van der Waals surface area contributed by atoms with Gasteiger partial charge >= 0.3 is 0 Å². The fourth-order valence-electron chi connectivity index (χ4n) is 4.71. The summed E-state index contributed by atoms with van der Waals surface area (Å²) in [5, 5.41) is 11.5. The third kappa shape index (κ3) is 4.28. The van der Waals surface area contributed by atoms with Crippen molar-refractivity contribution in [1.82, 2.24) is 4.98 Å². The van der Waals surface area contributed by atoms with Crippen molar-refractivity contribution in [3.8, 4) is 28.0 Å². The fourth-order valence-corrected chi connectivity index (χ4v) is 4.71. The van der Waals surface area contributed by atoms with Crippen molar-refractivity contribution in [2.24, 2.45) is 11.5 Å². The van der Waals surface area contributed by atoms with Gasteiger partial charge in [0.05, 0.1) is 16.8 Å². The number of piperidine rings is 1. The lowest BCUT2D eigenvalue weighted by Gasteiger charge is -2.34. The third-order valence-corrected chi connectivity index (χ3v) is 6.48. The smallest absolute Gasteiger partial charge is 0.252 e. The van der Waals surface area contributed by atoms with Gasteiger partial charge in [-0.3, -0.25) is 9.78 Å². The van der Waals surface area contributed by atoms with E-state index in [4.69, 9.17) is 11.5 Å². The van der Waals surface area contributed by atoms with Gasteiger partial charge in [-0.1, -0.05) is 18.2 Å². The zero-order chi connectivity index (χ0) is 24.7. The molecule has 3 aromatic carbocycles. The molecule has 0 atom stereocenters. The molecule has 2 heterocycles. The Morgan fingerprint density at radius 2 is 1.69 bits per heavy atom. The zero-order valence-corrected chi connectivity index (χ0v) is 18.8. The predicted molar refractivity (Wildman–Crippen MR) is 132 cm³/mol. The Kier molecular flexibility index (Phi) is 5.82. The van der Waals surface area contributed by atoms with Gasteiger partial charge in [0.2, 0.25) is 0 Å². The number of benzene rings is 3. The van der Waals surface area contributed by atoms with Gasteiger partial charge in [-0.2, -0.15) is 0 Å². The molecule has 1 aliphatic rings. The lowest BCUT2D eigenvalue weighted by Crippen LogP contribution is -2.40. The normalized spacial score (nSPS) is 14.4. The number of para-hydroxylation sites is 1. The molecule has 0 bridgehead atoms. The Hall–Kier alpha value is -4.04. The van der Waals surface area contributed by atoms with E-state index >= 15 is 0 Å². The third-order valence-electron chi connectivity index (χ3n) is 6.48. The molecule has 0 radical (unpaired) electrons. The number of rotatable bonds is 4. The summed E-state index contributed by atoms with van der Waals surface area (Å²) >= 11 is 0. The van der Waals surface area contributed by atoms with Crippen molar-refractivity contribution in [2.75, 3.05) is 18.0 Å². The summed E-state index contributed by atoms with van der Waals surface area (Å²) < 4.78 is 28.3. The number of amides is 1. The van der Waals surface area contributed by atoms with Crippen molar-refractivity contribution in [3.05, 3.63) is 78.0 Å². The van der Waals surface area contributed by atoms with Crippen LogP contribution < -0.4 is 16.4 Å². The molecule has 0 unspecified atom stereocenters. The summed E-state index contributed by atoms with van der Waals surface area (Å²) in [6, 6.07) is 13.8. The molecule has 1 saturated heterocycles. The molecular weight excluding hydrogens is 450 g/mol. The number of carbonyl (C=O) groups excluding carboxylic acids is 1. The number of halogens is 2. The number of hydrogen-bond acceptors (Lipinski definition) is 5. The second-order valence-corrected chi connectivity index (χ2v) is 8.80. The molecule has 1 aliphatic heterocycles. The fraction of sp³-hybridized carbons (Fsp3) is 0.185. The van der Waals surface area contributed by atoms with Crippen molar-refractivity contribution < 1.29 is 18.7 Å². The number of carbonyl (C=O) groups is 1. The molecule has 6 nitrogen and oxygen atoms in total. The van der Waals surface area contributed by atoms with Crippen molar-refractivity contribution in [2.45, 2.75) is 18.9 Å². The summed E-state index contributed by atoms with van der Waals surface area (Å²) in [5.41, 5.74) is 15.1.